The molecule has 3 nitrogen and oxygen atoms in total. The van der Waals surface area contributed by atoms with Crippen molar-refractivity contribution in [1.82, 2.24) is 0 Å². The van der Waals surface area contributed by atoms with E-state index in [1.807, 2.05) is 0 Å². The molecular formula is C16H30O3. The number of hydrogen-bond acceptors (Lipinski definition) is 3. The van der Waals surface area contributed by atoms with Gasteiger partial charge in [0.25, 0.3) is 0 Å². The van der Waals surface area contributed by atoms with Gasteiger partial charge >= 0.3 is 0 Å². The first kappa shape index (κ1) is 16.6. The van der Waals surface area contributed by atoms with E-state index in [4.69, 9.17) is 9.47 Å². The van der Waals surface area contributed by atoms with Crippen LogP contribution in [0.4, 0.5) is 0 Å². The van der Waals surface area contributed by atoms with Crippen molar-refractivity contribution < 1.29 is 14.3 Å². The SMILES string of the molecule is CCCCCCCCCC(C=O)OC1CCCCO1. The number of rotatable bonds is 11. The van der Waals surface area contributed by atoms with Crippen LogP contribution >= 0.6 is 0 Å². The quantitative estimate of drug-likeness (QED) is 0.416. The summed E-state index contributed by atoms with van der Waals surface area (Å²) in [6.07, 6.45) is 13.5. The van der Waals surface area contributed by atoms with E-state index in [1.165, 1.54) is 38.5 Å². The highest BCUT2D eigenvalue weighted by Gasteiger charge is 2.18. The van der Waals surface area contributed by atoms with Gasteiger partial charge in [0.15, 0.2) is 6.29 Å². The maximum Gasteiger partial charge on any atom is 0.158 e. The number of aldehydes is 1. The fourth-order valence-electron chi connectivity index (χ4n) is 2.48. The van der Waals surface area contributed by atoms with Crippen LogP contribution < -0.4 is 0 Å². The molecule has 0 spiro atoms. The van der Waals surface area contributed by atoms with Crippen LogP contribution in [0.1, 0.15) is 77.6 Å². The van der Waals surface area contributed by atoms with Crippen LogP contribution in [0.3, 0.4) is 0 Å². The van der Waals surface area contributed by atoms with E-state index in [2.05, 4.69) is 6.92 Å². The van der Waals surface area contributed by atoms with E-state index in [0.717, 1.165) is 45.0 Å². The van der Waals surface area contributed by atoms with Gasteiger partial charge in [0.1, 0.15) is 12.4 Å². The third-order valence-corrected chi connectivity index (χ3v) is 3.71. The Kier molecular flexibility index (Phi) is 10.0. The van der Waals surface area contributed by atoms with E-state index >= 15 is 0 Å². The van der Waals surface area contributed by atoms with Crippen LogP contribution in [0.15, 0.2) is 0 Å². The van der Waals surface area contributed by atoms with Crippen LogP contribution in [-0.4, -0.2) is 25.3 Å². The smallest absolute Gasteiger partial charge is 0.158 e. The van der Waals surface area contributed by atoms with Crippen LogP contribution in [0.5, 0.6) is 0 Å². The lowest BCUT2D eigenvalue weighted by Gasteiger charge is -2.25. The summed E-state index contributed by atoms with van der Waals surface area (Å²) in [6.45, 7) is 3.01. The Morgan fingerprint density at radius 3 is 2.53 bits per heavy atom. The van der Waals surface area contributed by atoms with Gasteiger partial charge in [-0.05, 0) is 25.7 Å². The van der Waals surface area contributed by atoms with Crippen molar-refractivity contribution in [2.24, 2.45) is 0 Å². The highest BCUT2D eigenvalue weighted by Crippen LogP contribution is 2.17. The molecule has 3 heteroatoms. The first-order valence-electron chi connectivity index (χ1n) is 8.09. The molecule has 0 bridgehead atoms. The average molecular weight is 270 g/mol. The Labute approximate surface area is 118 Å². The van der Waals surface area contributed by atoms with Gasteiger partial charge < -0.3 is 14.3 Å². The van der Waals surface area contributed by atoms with Crippen molar-refractivity contribution in [2.75, 3.05) is 6.61 Å². The van der Waals surface area contributed by atoms with Crippen molar-refractivity contribution in [3.05, 3.63) is 0 Å². The van der Waals surface area contributed by atoms with Gasteiger partial charge in [0.2, 0.25) is 0 Å². The monoisotopic (exact) mass is 270 g/mol. The summed E-state index contributed by atoms with van der Waals surface area (Å²) in [4.78, 5) is 11.0. The second-order valence-corrected chi connectivity index (χ2v) is 5.52. The van der Waals surface area contributed by atoms with Gasteiger partial charge in [-0.25, -0.2) is 0 Å². The van der Waals surface area contributed by atoms with E-state index in [1.54, 1.807) is 0 Å². The molecule has 112 valence electrons. The second-order valence-electron chi connectivity index (χ2n) is 5.52. The molecule has 2 atom stereocenters. The molecule has 0 aromatic carbocycles. The minimum atomic E-state index is -0.265. The summed E-state index contributed by atoms with van der Waals surface area (Å²) >= 11 is 0. The van der Waals surface area contributed by atoms with Crippen LogP contribution in [0.2, 0.25) is 0 Å². The molecule has 2 unspecified atom stereocenters. The molecule has 1 fully saturated rings. The molecule has 0 N–H and O–H groups in total. The second kappa shape index (κ2) is 11.4. The first-order chi connectivity index (χ1) is 9.36. The minimum absolute atomic E-state index is 0.145. The van der Waals surface area contributed by atoms with Crippen molar-refractivity contribution in [3.63, 3.8) is 0 Å². The van der Waals surface area contributed by atoms with Crippen LogP contribution in [0, 0.1) is 0 Å². The third-order valence-electron chi connectivity index (χ3n) is 3.71. The maximum absolute atomic E-state index is 11.0. The molecule has 1 saturated heterocycles. The van der Waals surface area contributed by atoms with E-state index in [0.29, 0.717) is 0 Å². The summed E-state index contributed by atoms with van der Waals surface area (Å²) in [7, 11) is 0. The van der Waals surface area contributed by atoms with Gasteiger partial charge in [-0.15, -0.1) is 0 Å². The number of carbonyl (C=O) groups is 1. The lowest BCUT2D eigenvalue weighted by Crippen LogP contribution is -2.28. The highest BCUT2D eigenvalue weighted by atomic mass is 16.7. The Morgan fingerprint density at radius 1 is 1.16 bits per heavy atom. The molecule has 0 amide bonds. The molecule has 0 aliphatic carbocycles. The molecule has 0 aromatic rings. The molecule has 19 heavy (non-hydrogen) atoms. The summed E-state index contributed by atoms with van der Waals surface area (Å²) < 4.78 is 11.2. The largest absolute Gasteiger partial charge is 0.353 e. The molecule has 1 aliphatic heterocycles. The van der Waals surface area contributed by atoms with Crippen molar-refractivity contribution >= 4 is 6.29 Å². The zero-order chi connectivity index (χ0) is 13.8. The van der Waals surface area contributed by atoms with Crippen LogP contribution in [0.25, 0.3) is 0 Å². The van der Waals surface area contributed by atoms with Gasteiger partial charge in [-0.2, -0.15) is 0 Å². The first-order valence-corrected chi connectivity index (χ1v) is 8.09. The molecule has 0 aromatic heterocycles. The number of ether oxygens (including phenoxy) is 2. The topological polar surface area (TPSA) is 35.5 Å². The zero-order valence-electron chi connectivity index (χ0n) is 12.4. The molecular weight excluding hydrogens is 240 g/mol. The van der Waals surface area contributed by atoms with Gasteiger partial charge in [-0.1, -0.05) is 51.9 Å². The van der Waals surface area contributed by atoms with Gasteiger partial charge in [0, 0.05) is 6.61 Å². The van der Waals surface area contributed by atoms with Gasteiger partial charge in [-0.3, -0.25) is 0 Å². The lowest BCUT2D eigenvalue weighted by atomic mass is 10.1. The molecule has 0 radical (unpaired) electrons. The molecule has 0 saturated carbocycles. The number of carbonyl (C=O) groups excluding carboxylic acids is 1. The molecule has 1 heterocycles. The minimum Gasteiger partial charge on any atom is -0.353 e. The zero-order valence-corrected chi connectivity index (χ0v) is 12.4. The fourth-order valence-corrected chi connectivity index (χ4v) is 2.48. The third kappa shape index (κ3) is 8.38. The highest BCUT2D eigenvalue weighted by molar-refractivity contribution is 5.55. The average Bonchev–Trinajstić information content (AvgIpc) is 2.46. The summed E-state index contributed by atoms with van der Waals surface area (Å²) in [6, 6.07) is 0. The van der Waals surface area contributed by atoms with E-state index < -0.39 is 0 Å². The molecule has 1 rings (SSSR count). The predicted octanol–water partition coefficient (Wildman–Crippen LogP) is 4.24. The maximum atomic E-state index is 11.0. The fraction of sp³-hybridized carbons (Fsp3) is 0.938. The Bertz CT molecular complexity index is 212. The predicted molar refractivity (Wildman–Crippen MR) is 77.1 cm³/mol. The lowest BCUT2D eigenvalue weighted by molar-refractivity contribution is -0.187. The van der Waals surface area contributed by atoms with Gasteiger partial charge in [0.05, 0.1) is 0 Å². The molecule has 1 aliphatic rings. The summed E-state index contributed by atoms with van der Waals surface area (Å²) in [5.41, 5.74) is 0. The normalized spacial score (nSPS) is 21.2. The Balaban J connectivity index is 1.99. The van der Waals surface area contributed by atoms with Crippen molar-refractivity contribution in [2.45, 2.75) is 89.9 Å². The van der Waals surface area contributed by atoms with E-state index in [-0.39, 0.29) is 12.4 Å². The Morgan fingerprint density at radius 2 is 1.89 bits per heavy atom. The Hall–Kier alpha value is -0.410. The van der Waals surface area contributed by atoms with Crippen LogP contribution in [-0.2, 0) is 14.3 Å². The van der Waals surface area contributed by atoms with Crippen molar-refractivity contribution in [1.29, 1.82) is 0 Å². The van der Waals surface area contributed by atoms with Crippen molar-refractivity contribution in [3.8, 4) is 0 Å². The number of hydrogen-bond donors (Lipinski definition) is 0. The summed E-state index contributed by atoms with van der Waals surface area (Å²) in [5, 5.41) is 0. The number of unbranched alkanes of at least 4 members (excludes halogenated alkanes) is 6. The standard InChI is InChI=1S/C16H30O3/c1-2-3-4-5-6-7-8-11-15(14-17)19-16-12-9-10-13-18-16/h14-16H,2-13H2,1H3. The van der Waals surface area contributed by atoms with E-state index in [9.17, 15) is 4.79 Å². The summed E-state index contributed by atoms with van der Waals surface area (Å²) in [5.74, 6) is 0.